The molecule has 0 bridgehead atoms. The van der Waals surface area contributed by atoms with Crippen LogP contribution in [0.2, 0.25) is 0 Å². The number of hydrogen-bond acceptors (Lipinski definition) is 1. The summed E-state index contributed by atoms with van der Waals surface area (Å²) in [5.41, 5.74) is 5.21. The highest BCUT2D eigenvalue weighted by Crippen LogP contribution is 2.01. The van der Waals surface area contributed by atoms with Gasteiger partial charge in [0.05, 0.1) is 0 Å². The highest BCUT2D eigenvalue weighted by atomic mass is 14.5. The van der Waals surface area contributed by atoms with Crippen LogP contribution in [0.3, 0.4) is 0 Å². The molecule has 0 radical (unpaired) electrons. The highest BCUT2D eigenvalue weighted by molar-refractivity contribution is 4.94. The highest BCUT2D eigenvalue weighted by Gasteiger charge is 1.85. The zero-order chi connectivity index (χ0) is 14.6. The van der Waals surface area contributed by atoms with E-state index in [-0.39, 0.29) is 0 Å². The van der Waals surface area contributed by atoms with Gasteiger partial charge in [0.2, 0.25) is 0 Å². The summed E-state index contributed by atoms with van der Waals surface area (Å²) in [6.45, 7) is 15.1. The third-order valence-corrected chi connectivity index (χ3v) is 2.34. The molecular formula is C17H37N. The Kier molecular flexibility index (Phi) is 31.8. The number of hydrogen-bond donors (Lipinski definition) is 1. The molecule has 2 N–H and O–H groups in total. The van der Waals surface area contributed by atoms with Gasteiger partial charge in [0.25, 0.3) is 0 Å². The Hall–Kier alpha value is -0.560. The first-order valence-corrected chi connectivity index (χ1v) is 7.72. The second kappa shape index (κ2) is 25.3. The van der Waals surface area contributed by atoms with Crippen molar-refractivity contribution in [3.8, 4) is 0 Å². The second-order valence-corrected chi connectivity index (χ2v) is 4.16. The standard InChI is InChI=1S/C10H18.C5H13N.C2H6/c1-4-6-7-8-9-10(3)5-2;1-2-3-4-5-6;1-2/h5,8-10H,2,4,6-7H2,1,3H3;2-6H2,1H3;1-2H3/b9-8-;;. The average Bonchev–Trinajstić information content (AvgIpc) is 2.44. The molecule has 0 heterocycles. The molecule has 0 aliphatic carbocycles. The smallest absolute Gasteiger partial charge is 0.00773 e. The third-order valence-electron chi connectivity index (χ3n) is 2.34. The first-order chi connectivity index (χ1) is 8.72. The zero-order valence-corrected chi connectivity index (χ0v) is 13.5. The number of nitrogens with two attached hydrogens (primary N) is 1. The third kappa shape index (κ3) is 29.5. The Balaban J connectivity index is -0.000000241. The van der Waals surface area contributed by atoms with Crippen LogP contribution >= 0.6 is 0 Å². The van der Waals surface area contributed by atoms with E-state index in [1.165, 1.54) is 38.5 Å². The van der Waals surface area contributed by atoms with E-state index in [1.54, 1.807) is 0 Å². The lowest BCUT2D eigenvalue weighted by atomic mass is 10.1. The first-order valence-electron chi connectivity index (χ1n) is 7.72. The molecule has 0 saturated heterocycles. The van der Waals surface area contributed by atoms with Crippen molar-refractivity contribution in [3.63, 3.8) is 0 Å². The molecule has 0 amide bonds. The maximum absolute atomic E-state index is 5.21. The van der Waals surface area contributed by atoms with Gasteiger partial charge < -0.3 is 5.73 Å². The Labute approximate surface area is 117 Å². The van der Waals surface area contributed by atoms with Crippen LogP contribution in [-0.4, -0.2) is 6.54 Å². The van der Waals surface area contributed by atoms with Crippen LogP contribution < -0.4 is 5.73 Å². The quantitative estimate of drug-likeness (QED) is 0.436. The van der Waals surface area contributed by atoms with E-state index in [9.17, 15) is 0 Å². The Bertz CT molecular complexity index is 146. The fraction of sp³-hybridized carbons (Fsp3) is 0.765. The lowest BCUT2D eigenvalue weighted by Gasteiger charge is -1.94. The monoisotopic (exact) mass is 255 g/mol. The topological polar surface area (TPSA) is 26.0 Å². The summed E-state index contributed by atoms with van der Waals surface area (Å²) in [6.07, 6.45) is 14.0. The SMILES string of the molecule is C=CC(C)/C=C\CCCC.CC.CCCCCN. The summed E-state index contributed by atoms with van der Waals surface area (Å²) in [4.78, 5) is 0. The van der Waals surface area contributed by atoms with Crippen molar-refractivity contribution in [3.05, 3.63) is 24.8 Å². The van der Waals surface area contributed by atoms with Crippen LogP contribution in [0.25, 0.3) is 0 Å². The zero-order valence-electron chi connectivity index (χ0n) is 13.5. The molecule has 0 aromatic heterocycles. The van der Waals surface area contributed by atoms with Gasteiger partial charge in [-0.2, -0.15) is 0 Å². The maximum Gasteiger partial charge on any atom is -0.00773 e. The molecule has 0 aliphatic heterocycles. The number of allylic oxidation sites excluding steroid dienone is 3. The number of unbranched alkanes of at least 4 members (excludes halogenated alkanes) is 4. The Morgan fingerprint density at radius 1 is 1.06 bits per heavy atom. The number of rotatable bonds is 8. The molecule has 0 aromatic carbocycles. The van der Waals surface area contributed by atoms with Crippen molar-refractivity contribution in [2.24, 2.45) is 11.7 Å². The van der Waals surface area contributed by atoms with Gasteiger partial charge in [0.15, 0.2) is 0 Å². The molecule has 18 heavy (non-hydrogen) atoms. The predicted octanol–water partition coefficient (Wildman–Crippen LogP) is 5.72. The predicted molar refractivity (Wildman–Crippen MR) is 88.0 cm³/mol. The molecule has 0 rings (SSSR count). The molecule has 1 nitrogen and oxygen atoms in total. The molecule has 0 aliphatic rings. The van der Waals surface area contributed by atoms with Gasteiger partial charge in [-0.25, -0.2) is 0 Å². The molecule has 0 fully saturated rings. The molecule has 1 unspecified atom stereocenters. The minimum Gasteiger partial charge on any atom is -0.330 e. The van der Waals surface area contributed by atoms with Gasteiger partial charge >= 0.3 is 0 Å². The van der Waals surface area contributed by atoms with Gasteiger partial charge in [0.1, 0.15) is 0 Å². The lowest BCUT2D eigenvalue weighted by Crippen LogP contribution is -1.96. The van der Waals surface area contributed by atoms with Gasteiger partial charge in [-0.15, -0.1) is 6.58 Å². The van der Waals surface area contributed by atoms with Gasteiger partial charge in [-0.1, -0.05) is 78.5 Å². The van der Waals surface area contributed by atoms with Gasteiger partial charge in [-0.05, 0) is 25.3 Å². The van der Waals surface area contributed by atoms with E-state index in [0.29, 0.717) is 5.92 Å². The maximum atomic E-state index is 5.21. The molecule has 0 aromatic rings. The van der Waals surface area contributed by atoms with E-state index in [0.717, 1.165) is 6.54 Å². The fourth-order valence-electron chi connectivity index (χ4n) is 1.11. The molecule has 1 atom stereocenters. The summed E-state index contributed by atoms with van der Waals surface area (Å²) >= 11 is 0. The summed E-state index contributed by atoms with van der Waals surface area (Å²) in [6, 6.07) is 0. The largest absolute Gasteiger partial charge is 0.330 e. The molecule has 1 heteroatoms. The van der Waals surface area contributed by atoms with Crippen LogP contribution in [0.15, 0.2) is 24.8 Å². The van der Waals surface area contributed by atoms with Crippen molar-refractivity contribution in [2.45, 2.75) is 73.1 Å². The van der Waals surface area contributed by atoms with Crippen LogP contribution in [0.1, 0.15) is 73.1 Å². The van der Waals surface area contributed by atoms with E-state index in [1.807, 2.05) is 19.9 Å². The minimum atomic E-state index is 0.539. The van der Waals surface area contributed by atoms with Crippen molar-refractivity contribution >= 4 is 0 Å². The summed E-state index contributed by atoms with van der Waals surface area (Å²) in [7, 11) is 0. The van der Waals surface area contributed by atoms with E-state index >= 15 is 0 Å². The lowest BCUT2D eigenvalue weighted by molar-refractivity contribution is 0.727. The van der Waals surface area contributed by atoms with Crippen LogP contribution in [0.5, 0.6) is 0 Å². The van der Waals surface area contributed by atoms with Crippen molar-refractivity contribution in [2.75, 3.05) is 6.54 Å². The van der Waals surface area contributed by atoms with E-state index < -0.39 is 0 Å². The van der Waals surface area contributed by atoms with Crippen LogP contribution in [-0.2, 0) is 0 Å². The van der Waals surface area contributed by atoms with Crippen LogP contribution in [0, 0.1) is 5.92 Å². The van der Waals surface area contributed by atoms with Gasteiger partial charge in [0, 0.05) is 0 Å². The molecule has 0 saturated carbocycles. The average molecular weight is 255 g/mol. The summed E-state index contributed by atoms with van der Waals surface area (Å²) in [5.74, 6) is 0.539. The minimum absolute atomic E-state index is 0.539. The molecule has 0 spiro atoms. The van der Waals surface area contributed by atoms with E-state index in [2.05, 4.69) is 39.5 Å². The fourth-order valence-corrected chi connectivity index (χ4v) is 1.11. The second-order valence-electron chi connectivity index (χ2n) is 4.16. The van der Waals surface area contributed by atoms with Crippen LogP contribution in [0.4, 0.5) is 0 Å². The first kappa shape index (κ1) is 22.6. The summed E-state index contributed by atoms with van der Waals surface area (Å²) < 4.78 is 0. The van der Waals surface area contributed by atoms with Crippen molar-refractivity contribution in [1.29, 1.82) is 0 Å². The Morgan fingerprint density at radius 3 is 1.94 bits per heavy atom. The summed E-state index contributed by atoms with van der Waals surface area (Å²) in [5, 5.41) is 0. The normalized spacial score (nSPS) is 11.0. The Morgan fingerprint density at radius 2 is 1.61 bits per heavy atom. The van der Waals surface area contributed by atoms with Gasteiger partial charge in [-0.3, -0.25) is 0 Å². The van der Waals surface area contributed by atoms with Crippen molar-refractivity contribution in [1.82, 2.24) is 0 Å². The molecular weight excluding hydrogens is 218 g/mol. The molecule has 110 valence electrons. The van der Waals surface area contributed by atoms with Crippen molar-refractivity contribution < 1.29 is 0 Å². The van der Waals surface area contributed by atoms with E-state index in [4.69, 9.17) is 5.73 Å².